The summed E-state index contributed by atoms with van der Waals surface area (Å²) in [6, 6.07) is 7.03. The predicted molar refractivity (Wildman–Crippen MR) is 64.3 cm³/mol. The third kappa shape index (κ3) is 1.94. The van der Waals surface area contributed by atoms with Crippen LogP contribution in [0.1, 0.15) is 15.2 Å². The zero-order chi connectivity index (χ0) is 11.7. The van der Waals surface area contributed by atoms with Gasteiger partial charge in [-0.25, -0.2) is 4.79 Å². The molecule has 16 heavy (non-hydrogen) atoms. The van der Waals surface area contributed by atoms with Gasteiger partial charge in [-0.05, 0) is 30.6 Å². The Morgan fingerprint density at radius 2 is 2.25 bits per heavy atom. The topological polar surface area (TPSA) is 50.2 Å². The molecule has 1 N–H and O–H groups in total. The number of aryl methyl sites for hydroxylation is 1. The zero-order valence-electron chi connectivity index (χ0n) is 8.40. The molecule has 0 aliphatic rings. The van der Waals surface area contributed by atoms with Crippen molar-refractivity contribution in [2.24, 2.45) is 0 Å². The number of benzene rings is 1. The molecule has 2 rings (SSSR count). The Hall–Kier alpha value is -1.39. The monoisotopic (exact) mass is 253 g/mol. The lowest BCUT2D eigenvalue weighted by atomic mass is 10.1. The number of aromatic nitrogens is 1. The maximum atomic E-state index is 11.1. The third-order valence-corrected chi connectivity index (χ3v) is 3.16. The van der Waals surface area contributed by atoms with Gasteiger partial charge >= 0.3 is 5.97 Å². The van der Waals surface area contributed by atoms with E-state index < -0.39 is 5.97 Å². The van der Waals surface area contributed by atoms with Crippen molar-refractivity contribution in [1.29, 1.82) is 0 Å². The molecular formula is C11H8ClNO2S. The molecule has 0 bridgehead atoms. The summed E-state index contributed by atoms with van der Waals surface area (Å²) in [6.45, 7) is 1.75. The first-order valence-electron chi connectivity index (χ1n) is 4.55. The van der Waals surface area contributed by atoms with Gasteiger partial charge in [-0.1, -0.05) is 23.7 Å². The van der Waals surface area contributed by atoms with Gasteiger partial charge in [-0.15, -0.1) is 0 Å². The molecule has 2 aromatic rings. The van der Waals surface area contributed by atoms with Gasteiger partial charge in [0.25, 0.3) is 0 Å². The lowest BCUT2D eigenvalue weighted by Crippen LogP contribution is -1.99. The molecule has 82 valence electrons. The van der Waals surface area contributed by atoms with Crippen LogP contribution in [0.4, 0.5) is 0 Å². The number of hydrogen-bond acceptors (Lipinski definition) is 3. The fourth-order valence-electron chi connectivity index (χ4n) is 1.46. The second-order valence-corrected chi connectivity index (χ2v) is 4.69. The number of aromatic carboxylic acids is 1. The highest BCUT2D eigenvalue weighted by atomic mass is 35.5. The van der Waals surface area contributed by atoms with E-state index in [-0.39, 0.29) is 5.56 Å². The highest BCUT2D eigenvalue weighted by Gasteiger charge is 2.18. The van der Waals surface area contributed by atoms with E-state index in [0.29, 0.717) is 15.6 Å². The van der Waals surface area contributed by atoms with E-state index in [1.54, 1.807) is 31.2 Å². The molecule has 5 heteroatoms. The fraction of sp³-hybridized carbons (Fsp3) is 0.0909. The van der Waals surface area contributed by atoms with E-state index in [1.165, 1.54) is 11.5 Å². The van der Waals surface area contributed by atoms with Crippen LogP contribution in [0, 0.1) is 6.92 Å². The van der Waals surface area contributed by atoms with Gasteiger partial charge in [-0.2, -0.15) is 4.37 Å². The molecule has 0 aliphatic carbocycles. The highest BCUT2D eigenvalue weighted by molar-refractivity contribution is 7.06. The van der Waals surface area contributed by atoms with Crippen LogP contribution in [-0.2, 0) is 0 Å². The summed E-state index contributed by atoms with van der Waals surface area (Å²) in [5.74, 6) is -0.957. The number of nitrogens with zero attached hydrogens (tertiary/aromatic N) is 1. The molecule has 0 saturated carbocycles. The first kappa shape index (κ1) is 11.1. The van der Waals surface area contributed by atoms with Crippen molar-refractivity contribution >= 4 is 29.1 Å². The fourth-order valence-corrected chi connectivity index (χ4v) is 2.35. The van der Waals surface area contributed by atoms with Crippen molar-refractivity contribution in [3.05, 3.63) is 39.7 Å². The molecule has 0 atom stereocenters. The minimum Gasteiger partial charge on any atom is -0.478 e. The second-order valence-electron chi connectivity index (χ2n) is 3.28. The van der Waals surface area contributed by atoms with Gasteiger partial charge in [0.1, 0.15) is 5.56 Å². The first-order valence-corrected chi connectivity index (χ1v) is 5.70. The van der Waals surface area contributed by atoms with Gasteiger partial charge < -0.3 is 5.11 Å². The van der Waals surface area contributed by atoms with Crippen LogP contribution in [-0.4, -0.2) is 15.4 Å². The molecule has 1 aromatic carbocycles. The van der Waals surface area contributed by atoms with Crippen molar-refractivity contribution in [3.8, 4) is 11.3 Å². The summed E-state index contributed by atoms with van der Waals surface area (Å²) >= 11 is 7.05. The van der Waals surface area contributed by atoms with E-state index in [9.17, 15) is 4.79 Å². The minimum absolute atomic E-state index is 0.257. The largest absolute Gasteiger partial charge is 0.478 e. The molecule has 3 nitrogen and oxygen atoms in total. The van der Waals surface area contributed by atoms with Gasteiger partial charge in [0, 0.05) is 15.5 Å². The Balaban J connectivity index is 2.60. The zero-order valence-corrected chi connectivity index (χ0v) is 9.97. The average Bonchev–Trinajstić information content (AvgIpc) is 2.60. The molecule has 0 fully saturated rings. The lowest BCUT2D eigenvalue weighted by molar-refractivity contribution is 0.0697. The van der Waals surface area contributed by atoms with E-state index in [0.717, 1.165) is 5.56 Å². The predicted octanol–water partition coefficient (Wildman–Crippen LogP) is 3.47. The quantitative estimate of drug-likeness (QED) is 0.892. The maximum Gasteiger partial charge on any atom is 0.339 e. The number of rotatable bonds is 2. The number of carbonyl (C=O) groups is 1. The van der Waals surface area contributed by atoms with Crippen molar-refractivity contribution in [2.45, 2.75) is 6.92 Å². The van der Waals surface area contributed by atoms with Crippen LogP contribution in [0.15, 0.2) is 24.3 Å². The van der Waals surface area contributed by atoms with Crippen LogP contribution in [0.5, 0.6) is 0 Å². The lowest BCUT2D eigenvalue weighted by Gasteiger charge is -2.00. The van der Waals surface area contributed by atoms with Crippen molar-refractivity contribution in [3.63, 3.8) is 0 Å². The Morgan fingerprint density at radius 1 is 1.50 bits per heavy atom. The molecule has 0 aliphatic heterocycles. The first-order chi connectivity index (χ1) is 7.59. The molecular weight excluding hydrogens is 246 g/mol. The molecule has 1 aromatic heterocycles. The van der Waals surface area contributed by atoms with Crippen molar-refractivity contribution in [1.82, 2.24) is 4.37 Å². The van der Waals surface area contributed by atoms with Gasteiger partial charge in [0.15, 0.2) is 0 Å². The summed E-state index contributed by atoms with van der Waals surface area (Å²) in [7, 11) is 0. The van der Waals surface area contributed by atoms with Crippen LogP contribution in [0.2, 0.25) is 5.02 Å². The number of carboxylic acid groups (broad SMARTS) is 1. The summed E-state index contributed by atoms with van der Waals surface area (Å²) in [5.41, 5.74) is 1.47. The third-order valence-electron chi connectivity index (χ3n) is 2.17. The van der Waals surface area contributed by atoms with E-state index >= 15 is 0 Å². The molecule has 0 unspecified atom stereocenters. The smallest absolute Gasteiger partial charge is 0.339 e. The Bertz CT molecular complexity index is 551. The minimum atomic E-state index is -0.957. The van der Waals surface area contributed by atoms with Crippen LogP contribution in [0.3, 0.4) is 0 Å². The summed E-state index contributed by atoms with van der Waals surface area (Å²) in [5, 5.41) is 9.67. The standard InChI is InChI=1S/C11H8ClNO2S/c1-6-9(11(14)15)10(13-16-6)7-3-2-4-8(12)5-7/h2-5H,1H3,(H,14,15). The van der Waals surface area contributed by atoms with Crippen LogP contribution < -0.4 is 0 Å². The summed E-state index contributed by atoms with van der Waals surface area (Å²) in [4.78, 5) is 11.8. The van der Waals surface area contributed by atoms with Crippen LogP contribution in [0.25, 0.3) is 11.3 Å². The Labute approximate surface area is 101 Å². The van der Waals surface area contributed by atoms with Crippen LogP contribution >= 0.6 is 23.1 Å². The average molecular weight is 254 g/mol. The molecule has 0 radical (unpaired) electrons. The maximum absolute atomic E-state index is 11.1. The normalized spacial score (nSPS) is 10.4. The summed E-state index contributed by atoms with van der Waals surface area (Å²) < 4.78 is 4.15. The molecule has 0 saturated heterocycles. The van der Waals surface area contributed by atoms with E-state index in [2.05, 4.69) is 4.37 Å². The molecule has 0 spiro atoms. The number of halogens is 1. The van der Waals surface area contributed by atoms with Crippen molar-refractivity contribution < 1.29 is 9.90 Å². The Kier molecular flexibility index (Phi) is 2.94. The highest BCUT2D eigenvalue weighted by Crippen LogP contribution is 2.29. The van der Waals surface area contributed by atoms with E-state index in [1.807, 2.05) is 0 Å². The number of hydrogen-bond donors (Lipinski definition) is 1. The van der Waals surface area contributed by atoms with Crippen molar-refractivity contribution in [2.75, 3.05) is 0 Å². The Morgan fingerprint density at radius 3 is 2.88 bits per heavy atom. The van der Waals surface area contributed by atoms with E-state index in [4.69, 9.17) is 16.7 Å². The van der Waals surface area contributed by atoms with Gasteiger partial charge in [-0.3, -0.25) is 0 Å². The van der Waals surface area contributed by atoms with Gasteiger partial charge in [0.2, 0.25) is 0 Å². The number of carboxylic acids is 1. The molecule has 0 amide bonds. The molecule has 1 heterocycles. The SMILES string of the molecule is Cc1snc(-c2cccc(Cl)c2)c1C(=O)O. The second kappa shape index (κ2) is 4.23. The van der Waals surface area contributed by atoms with Gasteiger partial charge in [0.05, 0.1) is 5.69 Å². The summed E-state index contributed by atoms with van der Waals surface area (Å²) in [6.07, 6.45) is 0.